The van der Waals surface area contributed by atoms with Crippen molar-refractivity contribution >= 4 is 0 Å². The Kier molecular flexibility index (Phi) is 2.82. The molecule has 0 aliphatic carbocycles. The van der Waals surface area contributed by atoms with E-state index in [0.717, 1.165) is 11.1 Å². The van der Waals surface area contributed by atoms with Gasteiger partial charge in [-0.05, 0) is 35.6 Å². The second kappa shape index (κ2) is 3.75. The number of hydrogen-bond acceptors (Lipinski definition) is 2. The Labute approximate surface area is 90.8 Å². The van der Waals surface area contributed by atoms with Gasteiger partial charge in [0.2, 0.25) is 0 Å². The van der Waals surface area contributed by atoms with Gasteiger partial charge in [-0.3, -0.25) is 0 Å². The van der Waals surface area contributed by atoms with E-state index in [1.807, 2.05) is 33.8 Å². The Morgan fingerprint density at radius 2 is 1.67 bits per heavy atom. The lowest BCUT2D eigenvalue weighted by atomic mass is 9.81. The molecule has 0 N–H and O–H groups in total. The van der Waals surface area contributed by atoms with Gasteiger partial charge < -0.3 is 0 Å². The maximum absolute atomic E-state index is 9.09. The van der Waals surface area contributed by atoms with Crippen LogP contribution >= 0.6 is 0 Å². The Balaban J connectivity index is 3.57. The molecule has 0 spiro atoms. The number of rotatable bonds is 0. The van der Waals surface area contributed by atoms with Crippen LogP contribution in [-0.4, -0.2) is 0 Å². The standard InChI is InChI=1S/C13H14N2/c1-9-5-10(7-14)6-12(11(9)8-15)13(2,3)4/h5-6H,1-4H3. The summed E-state index contributed by atoms with van der Waals surface area (Å²) in [6, 6.07) is 7.90. The van der Waals surface area contributed by atoms with E-state index in [0.29, 0.717) is 11.1 Å². The highest BCUT2D eigenvalue weighted by atomic mass is 14.3. The fourth-order valence-electron chi connectivity index (χ4n) is 1.59. The minimum Gasteiger partial charge on any atom is -0.192 e. The molecule has 0 fully saturated rings. The second-order valence-corrected chi connectivity index (χ2v) is 4.69. The highest BCUT2D eigenvalue weighted by Crippen LogP contribution is 2.28. The van der Waals surface area contributed by atoms with E-state index in [4.69, 9.17) is 10.5 Å². The fourth-order valence-corrected chi connectivity index (χ4v) is 1.59. The van der Waals surface area contributed by atoms with Crippen LogP contribution in [0.1, 0.15) is 43.0 Å². The van der Waals surface area contributed by atoms with Gasteiger partial charge >= 0.3 is 0 Å². The largest absolute Gasteiger partial charge is 0.192 e. The van der Waals surface area contributed by atoms with Gasteiger partial charge in [-0.15, -0.1) is 0 Å². The molecule has 2 nitrogen and oxygen atoms in total. The third-order valence-corrected chi connectivity index (χ3v) is 2.38. The van der Waals surface area contributed by atoms with Crippen molar-refractivity contribution in [3.8, 4) is 12.1 Å². The summed E-state index contributed by atoms with van der Waals surface area (Å²) in [5, 5.41) is 18.0. The number of hydrogen-bond donors (Lipinski definition) is 0. The third-order valence-electron chi connectivity index (χ3n) is 2.38. The van der Waals surface area contributed by atoms with E-state index in [-0.39, 0.29) is 5.41 Å². The van der Waals surface area contributed by atoms with Crippen LogP contribution in [0.2, 0.25) is 0 Å². The van der Waals surface area contributed by atoms with Crippen molar-refractivity contribution in [3.05, 3.63) is 34.4 Å². The molecule has 1 aromatic carbocycles. The quantitative estimate of drug-likeness (QED) is 0.643. The maximum atomic E-state index is 9.09. The molecule has 2 heteroatoms. The minimum atomic E-state index is -0.108. The van der Waals surface area contributed by atoms with Crippen LogP contribution in [0.5, 0.6) is 0 Å². The SMILES string of the molecule is Cc1cc(C#N)cc(C(C)(C)C)c1C#N. The van der Waals surface area contributed by atoms with Gasteiger partial charge in [-0.25, -0.2) is 0 Å². The first-order valence-corrected chi connectivity index (χ1v) is 4.85. The number of nitrogens with zero attached hydrogens (tertiary/aromatic N) is 2. The summed E-state index contributed by atoms with van der Waals surface area (Å²) in [5.41, 5.74) is 3.03. The topological polar surface area (TPSA) is 47.6 Å². The molecule has 0 atom stereocenters. The summed E-state index contributed by atoms with van der Waals surface area (Å²) in [5.74, 6) is 0. The van der Waals surface area contributed by atoms with E-state index >= 15 is 0 Å². The molecule has 0 heterocycles. The van der Waals surface area contributed by atoms with E-state index in [2.05, 4.69) is 12.1 Å². The van der Waals surface area contributed by atoms with Crippen molar-refractivity contribution < 1.29 is 0 Å². The summed E-state index contributed by atoms with van der Waals surface area (Å²) in [6.45, 7) is 8.01. The first-order chi connectivity index (χ1) is 6.90. The average Bonchev–Trinajstić information content (AvgIpc) is 2.15. The Morgan fingerprint density at radius 1 is 1.07 bits per heavy atom. The van der Waals surface area contributed by atoms with E-state index in [1.165, 1.54) is 0 Å². The smallest absolute Gasteiger partial charge is 0.0997 e. The number of nitriles is 2. The molecule has 76 valence electrons. The lowest BCUT2D eigenvalue weighted by Gasteiger charge is -2.21. The van der Waals surface area contributed by atoms with Crippen molar-refractivity contribution in [2.75, 3.05) is 0 Å². The summed E-state index contributed by atoms with van der Waals surface area (Å²) in [4.78, 5) is 0. The number of aryl methyl sites for hydroxylation is 1. The molecule has 0 saturated heterocycles. The highest BCUT2D eigenvalue weighted by Gasteiger charge is 2.20. The maximum Gasteiger partial charge on any atom is 0.0997 e. The van der Waals surface area contributed by atoms with Crippen LogP contribution < -0.4 is 0 Å². The number of benzene rings is 1. The molecule has 0 aliphatic rings. The Bertz CT molecular complexity index is 465. The van der Waals surface area contributed by atoms with Gasteiger partial charge in [0, 0.05) is 0 Å². The third kappa shape index (κ3) is 2.17. The summed E-state index contributed by atoms with van der Waals surface area (Å²) < 4.78 is 0. The van der Waals surface area contributed by atoms with Gasteiger partial charge in [-0.2, -0.15) is 10.5 Å². The van der Waals surface area contributed by atoms with Crippen molar-refractivity contribution in [1.29, 1.82) is 10.5 Å². The van der Waals surface area contributed by atoms with Gasteiger partial charge in [0.05, 0.1) is 23.3 Å². The summed E-state index contributed by atoms with van der Waals surface area (Å²) >= 11 is 0. The highest BCUT2D eigenvalue weighted by molar-refractivity contribution is 5.51. The van der Waals surface area contributed by atoms with Crippen molar-refractivity contribution in [1.82, 2.24) is 0 Å². The molecule has 0 bridgehead atoms. The van der Waals surface area contributed by atoms with Crippen molar-refractivity contribution in [2.24, 2.45) is 0 Å². The summed E-state index contributed by atoms with van der Waals surface area (Å²) in [6.07, 6.45) is 0. The van der Waals surface area contributed by atoms with E-state index < -0.39 is 0 Å². The summed E-state index contributed by atoms with van der Waals surface area (Å²) in [7, 11) is 0. The van der Waals surface area contributed by atoms with Crippen LogP contribution in [0, 0.1) is 29.6 Å². The van der Waals surface area contributed by atoms with Crippen LogP contribution in [0.3, 0.4) is 0 Å². The minimum absolute atomic E-state index is 0.108. The molecular formula is C13H14N2. The van der Waals surface area contributed by atoms with Crippen LogP contribution in [0.4, 0.5) is 0 Å². The van der Waals surface area contributed by atoms with Gasteiger partial charge in [0.25, 0.3) is 0 Å². The van der Waals surface area contributed by atoms with Crippen molar-refractivity contribution in [2.45, 2.75) is 33.1 Å². The molecule has 0 unspecified atom stereocenters. The van der Waals surface area contributed by atoms with E-state index in [1.54, 1.807) is 6.07 Å². The fraction of sp³-hybridized carbons (Fsp3) is 0.385. The Morgan fingerprint density at radius 3 is 2.07 bits per heavy atom. The molecule has 0 aliphatic heterocycles. The molecule has 1 rings (SSSR count). The van der Waals surface area contributed by atoms with E-state index in [9.17, 15) is 0 Å². The monoisotopic (exact) mass is 198 g/mol. The van der Waals surface area contributed by atoms with Gasteiger partial charge in [0.1, 0.15) is 0 Å². The lowest BCUT2D eigenvalue weighted by Crippen LogP contribution is -2.14. The average molecular weight is 198 g/mol. The molecule has 0 radical (unpaired) electrons. The molecule has 0 saturated carbocycles. The first-order valence-electron chi connectivity index (χ1n) is 4.85. The molecule has 0 amide bonds. The first kappa shape index (κ1) is 11.3. The molecular weight excluding hydrogens is 184 g/mol. The second-order valence-electron chi connectivity index (χ2n) is 4.69. The molecule has 1 aromatic rings. The van der Waals surface area contributed by atoms with Gasteiger partial charge in [0.15, 0.2) is 0 Å². The predicted octanol–water partition coefficient (Wildman–Crippen LogP) is 3.04. The van der Waals surface area contributed by atoms with Crippen LogP contribution in [0.25, 0.3) is 0 Å². The van der Waals surface area contributed by atoms with Crippen molar-refractivity contribution in [3.63, 3.8) is 0 Å². The normalized spacial score (nSPS) is 10.5. The lowest BCUT2D eigenvalue weighted by molar-refractivity contribution is 0.587. The zero-order valence-corrected chi connectivity index (χ0v) is 9.55. The molecule has 0 aromatic heterocycles. The predicted molar refractivity (Wildman–Crippen MR) is 59.3 cm³/mol. The zero-order valence-electron chi connectivity index (χ0n) is 9.55. The zero-order chi connectivity index (χ0) is 11.6. The molecule has 15 heavy (non-hydrogen) atoms. The van der Waals surface area contributed by atoms with Gasteiger partial charge in [-0.1, -0.05) is 20.8 Å². The Hall–Kier alpha value is -1.80. The van der Waals surface area contributed by atoms with Crippen LogP contribution in [-0.2, 0) is 5.41 Å². The van der Waals surface area contributed by atoms with Crippen LogP contribution in [0.15, 0.2) is 12.1 Å².